The normalized spacial score (nSPS) is 11.7. The smallest absolute Gasteiger partial charge is 0.445 e. The molecule has 0 unspecified atom stereocenters. The maximum atomic E-state index is 12.2. The van der Waals surface area contributed by atoms with Crippen LogP contribution in [-0.4, -0.2) is 6.98 Å². The largest absolute Gasteiger partial charge is 0.509 e. The predicted molar refractivity (Wildman–Crippen MR) is 47.8 cm³/mol. The van der Waals surface area contributed by atoms with Gasteiger partial charge in [-0.25, -0.2) is 0 Å². The van der Waals surface area contributed by atoms with E-state index in [-0.39, 0.29) is 0 Å². The summed E-state index contributed by atoms with van der Waals surface area (Å²) in [4.78, 5) is 0. The van der Waals surface area contributed by atoms with E-state index in [4.69, 9.17) is 0 Å². The first kappa shape index (κ1) is 9.64. The highest BCUT2D eigenvalue weighted by atomic mass is 79.9. The second kappa shape index (κ2) is 3.52. The lowest BCUT2D eigenvalue weighted by atomic mass is 9.79. The quantitative estimate of drug-likeness (QED) is 0.548. The standard InChI is InChI=1S/C7H6BBrF3/c9-5-6-2-1-3-7(4-6)8(10,11)12/h1-4H,5H2/q-1. The van der Waals surface area contributed by atoms with E-state index < -0.39 is 12.4 Å². The molecule has 0 nitrogen and oxygen atoms in total. The van der Waals surface area contributed by atoms with Crippen LogP contribution in [0.2, 0.25) is 0 Å². The molecule has 0 N–H and O–H groups in total. The Morgan fingerprint density at radius 3 is 2.42 bits per heavy atom. The van der Waals surface area contributed by atoms with E-state index in [9.17, 15) is 12.9 Å². The summed E-state index contributed by atoms with van der Waals surface area (Å²) in [5.74, 6) is 0. The van der Waals surface area contributed by atoms with E-state index in [0.717, 1.165) is 12.1 Å². The monoisotopic (exact) mass is 237 g/mol. The number of hydrogen-bond acceptors (Lipinski definition) is 0. The Morgan fingerprint density at radius 2 is 1.92 bits per heavy atom. The lowest BCUT2D eigenvalue weighted by Gasteiger charge is -2.14. The minimum atomic E-state index is -4.85. The van der Waals surface area contributed by atoms with Crippen molar-refractivity contribution in [3.8, 4) is 0 Å². The van der Waals surface area contributed by atoms with Crippen molar-refractivity contribution in [1.29, 1.82) is 0 Å². The highest BCUT2D eigenvalue weighted by Gasteiger charge is 2.25. The van der Waals surface area contributed by atoms with E-state index in [2.05, 4.69) is 15.9 Å². The molecule has 0 spiro atoms. The molecule has 1 aromatic rings. The van der Waals surface area contributed by atoms with Gasteiger partial charge in [0.1, 0.15) is 0 Å². The Hall–Kier alpha value is -0.445. The van der Waals surface area contributed by atoms with Crippen LogP contribution in [-0.2, 0) is 5.33 Å². The third-order valence-corrected chi connectivity index (χ3v) is 2.13. The number of halogens is 4. The molecule has 66 valence electrons. The molecule has 0 aliphatic heterocycles. The van der Waals surface area contributed by atoms with Gasteiger partial charge in [0, 0.05) is 5.33 Å². The van der Waals surface area contributed by atoms with Crippen molar-refractivity contribution in [3.05, 3.63) is 29.8 Å². The van der Waals surface area contributed by atoms with Crippen molar-refractivity contribution < 1.29 is 12.9 Å². The molecule has 0 saturated heterocycles. The van der Waals surface area contributed by atoms with Gasteiger partial charge in [0.15, 0.2) is 0 Å². The van der Waals surface area contributed by atoms with Gasteiger partial charge in [-0.15, -0.1) is 5.46 Å². The van der Waals surface area contributed by atoms with Crippen LogP contribution in [0, 0.1) is 0 Å². The van der Waals surface area contributed by atoms with Gasteiger partial charge in [-0.05, 0) is 5.56 Å². The number of benzene rings is 1. The van der Waals surface area contributed by atoms with Crippen molar-refractivity contribution in [2.24, 2.45) is 0 Å². The van der Waals surface area contributed by atoms with Crippen molar-refractivity contribution in [1.82, 2.24) is 0 Å². The molecule has 12 heavy (non-hydrogen) atoms. The van der Waals surface area contributed by atoms with Crippen molar-refractivity contribution in [2.75, 3.05) is 0 Å². The number of rotatable bonds is 2. The molecule has 0 bridgehead atoms. The highest BCUT2D eigenvalue weighted by Crippen LogP contribution is 2.11. The zero-order chi connectivity index (χ0) is 9.19. The second-order valence-corrected chi connectivity index (χ2v) is 3.01. The van der Waals surface area contributed by atoms with Gasteiger partial charge in [0.05, 0.1) is 0 Å². The highest BCUT2D eigenvalue weighted by molar-refractivity contribution is 9.08. The fraction of sp³-hybridized carbons (Fsp3) is 0.143. The minimum absolute atomic E-state index is 0.451. The zero-order valence-corrected chi connectivity index (χ0v) is 7.69. The lowest BCUT2D eigenvalue weighted by Crippen LogP contribution is -2.33. The van der Waals surface area contributed by atoms with Gasteiger partial charge in [-0.2, -0.15) is 0 Å². The van der Waals surface area contributed by atoms with Crippen molar-refractivity contribution >= 4 is 28.4 Å². The van der Waals surface area contributed by atoms with Crippen molar-refractivity contribution in [3.63, 3.8) is 0 Å². The second-order valence-electron chi connectivity index (χ2n) is 2.45. The third kappa shape index (κ3) is 2.27. The molecule has 0 fully saturated rings. The summed E-state index contributed by atoms with van der Waals surface area (Å²) < 4.78 is 36.5. The molecule has 0 aliphatic carbocycles. The van der Waals surface area contributed by atoms with E-state index in [1.807, 2.05) is 0 Å². The predicted octanol–water partition coefficient (Wildman–Crippen LogP) is 2.64. The SMILES string of the molecule is F[B-](F)(F)c1cccc(CBr)c1. The van der Waals surface area contributed by atoms with Gasteiger partial charge < -0.3 is 12.9 Å². The third-order valence-electron chi connectivity index (χ3n) is 1.48. The Labute approximate surface area is 77.0 Å². The Balaban J connectivity index is 3.02. The molecule has 5 heteroatoms. The van der Waals surface area contributed by atoms with E-state index in [1.165, 1.54) is 6.07 Å². The molecule has 0 radical (unpaired) electrons. The lowest BCUT2D eigenvalue weighted by molar-refractivity contribution is 0.501. The van der Waals surface area contributed by atoms with Gasteiger partial charge in [-0.3, -0.25) is 0 Å². The van der Waals surface area contributed by atoms with Crippen LogP contribution in [0.5, 0.6) is 0 Å². The minimum Gasteiger partial charge on any atom is -0.445 e. The molecular formula is C7H6BBrF3-. The number of alkyl halides is 1. The fourth-order valence-corrected chi connectivity index (χ4v) is 1.23. The molecule has 0 heterocycles. The first-order valence-electron chi connectivity index (χ1n) is 3.39. The van der Waals surface area contributed by atoms with Crippen LogP contribution in [0.15, 0.2) is 24.3 Å². The van der Waals surface area contributed by atoms with Gasteiger partial charge >= 0.3 is 6.98 Å². The number of hydrogen-bond donors (Lipinski definition) is 0. The zero-order valence-electron chi connectivity index (χ0n) is 6.11. The summed E-state index contributed by atoms with van der Waals surface area (Å²) in [6, 6.07) is 5.32. The van der Waals surface area contributed by atoms with Crippen LogP contribution >= 0.6 is 15.9 Å². The van der Waals surface area contributed by atoms with Crippen molar-refractivity contribution in [2.45, 2.75) is 5.33 Å². The van der Waals surface area contributed by atoms with Gasteiger partial charge in [-0.1, -0.05) is 40.2 Å². The Bertz CT molecular complexity index is 272. The first-order chi connectivity index (χ1) is 5.54. The summed E-state index contributed by atoms with van der Waals surface area (Å²) in [5, 5.41) is 0.451. The molecule has 1 rings (SSSR count). The first-order valence-corrected chi connectivity index (χ1v) is 4.51. The van der Waals surface area contributed by atoms with Gasteiger partial charge in [0.2, 0.25) is 0 Å². The van der Waals surface area contributed by atoms with Crippen LogP contribution < -0.4 is 5.46 Å². The summed E-state index contributed by atoms with van der Waals surface area (Å²) in [5.41, 5.74) is 0.110. The maximum Gasteiger partial charge on any atom is 0.509 e. The van der Waals surface area contributed by atoms with E-state index in [0.29, 0.717) is 10.9 Å². The van der Waals surface area contributed by atoms with E-state index in [1.54, 1.807) is 6.07 Å². The van der Waals surface area contributed by atoms with Crippen LogP contribution in [0.25, 0.3) is 0 Å². The average molecular weight is 238 g/mol. The molecule has 1 aromatic carbocycles. The summed E-state index contributed by atoms with van der Waals surface area (Å²) >= 11 is 3.10. The fourth-order valence-electron chi connectivity index (χ4n) is 0.880. The van der Waals surface area contributed by atoms with Crippen LogP contribution in [0.3, 0.4) is 0 Å². The molecular weight excluding hydrogens is 232 g/mol. The molecule has 0 amide bonds. The van der Waals surface area contributed by atoms with Gasteiger partial charge in [0.25, 0.3) is 0 Å². The summed E-state index contributed by atoms with van der Waals surface area (Å²) in [7, 11) is 0. The van der Waals surface area contributed by atoms with Crippen LogP contribution in [0.4, 0.5) is 12.9 Å². The Kier molecular flexibility index (Phi) is 2.83. The Morgan fingerprint density at radius 1 is 1.25 bits per heavy atom. The maximum absolute atomic E-state index is 12.2. The summed E-state index contributed by atoms with van der Waals surface area (Å²) in [6.07, 6.45) is 0. The van der Waals surface area contributed by atoms with Crippen LogP contribution in [0.1, 0.15) is 5.56 Å². The molecule has 0 aliphatic rings. The molecule has 0 aromatic heterocycles. The van der Waals surface area contributed by atoms with E-state index >= 15 is 0 Å². The molecule has 0 atom stereocenters. The summed E-state index contributed by atoms with van der Waals surface area (Å²) in [6.45, 7) is -4.85. The average Bonchev–Trinajstić information content (AvgIpc) is 2.03. The topological polar surface area (TPSA) is 0 Å². The molecule has 0 saturated carbocycles.